The lowest BCUT2D eigenvalue weighted by molar-refractivity contribution is -0.142. The minimum Gasteiger partial charge on any atom is -0.481 e. The fourth-order valence-electron chi connectivity index (χ4n) is 2.67. The Morgan fingerprint density at radius 2 is 2.06 bits per heavy atom. The van der Waals surface area contributed by atoms with Gasteiger partial charge in [0.15, 0.2) is 0 Å². The Bertz CT molecular complexity index is 404. The molecule has 1 aromatic heterocycles. The summed E-state index contributed by atoms with van der Waals surface area (Å²) in [7, 11) is 0. The topological polar surface area (TPSA) is 66.0 Å². The largest absolute Gasteiger partial charge is 0.481 e. The number of aromatic nitrogens is 2. The van der Waals surface area contributed by atoms with E-state index in [-0.39, 0.29) is 5.92 Å². The molecule has 2 N–H and O–H groups in total. The molecule has 0 radical (unpaired) electrons. The zero-order chi connectivity index (χ0) is 12.4. The van der Waals surface area contributed by atoms with Crippen molar-refractivity contribution in [1.82, 2.24) is 9.97 Å². The molecule has 0 atom stereocenters. The summed E-state index contributed by atoms with van der Waals surface area (Å²) in [6, 6.07) is 0. The van der Waals surface area contributed by atoms with E-state index in [9.17, 15) is 4.79 Å². The lowest BCUT2D eigenvalue weighted by atomic mass is 9.82. The number of nitrogens with one attached hydrogen (secondary N) is 1. The normalized spacial score (nSPS) is 24.8. The van der Waals surface area contributed by atoms with Crippen molar-refractivity contribution in [2.45, 2.75) is 51.9 Å². The molecule has 1 aliphatic carbocycles. The maximum atomic E-state index is 10.9. The fourth-order valence-corrected chi connectivity index (χ4v) is 2.67. The smallest absolute Gasteiger partial charge is 0.306 e. The second kappa shape index (κ2) is 4.90. The van der Waals surface area contributed by atoms with Gasteiger partial charge < -0.3 is 10.1 Å². The van der Waals surface area contributed by atoms with Crippen LogP contribution in [0.15, 0.2) is 0 Å². The van der Waals surface area contributed by atoms with Crippen LogP contribution < -0.4 is 0 Å². The third kappa shape index (κ3) is 2.51. The monoisotopic (exact) mass is 236 g/mol. The van der Waals surface area contributed by atoms with Crippen molar-refractivity contribution in [2.24, 2.45) is 5.92 Å². The van der Waals surface area contributed by atoms with Crippen LogP contribution in [0.1, 0.15) is 55.7 Å². The summed E-state index contributed by atoms with van der Waals surface area (Å²) in [5.41, 5.74) is 2.29. The number of carboxylic acids is 1. The van der Waals surface area contributed by atoms with Gasteiger partial charge in [-0.3, -0.25) is 4.79 Å². The molecule has 0 aromatic carbocycles. The third-order valence-electron chi connectivity index (χ3n) is 3.80. The lowest BCUT2D eigenvalue weighted by Crippen LogP contribution is -2.21. The fraction of sp³-hybridized carbons (Fsp3) is 0.692. The minimum atomic E-state index is -0.645. The van der Waals surface area contributed by atoms with Gasteiger partial charge in [-0.1, -0.05) is 6.92 Å². The van der Waals surface area contributed by atoms with Crippen molar-refractivity contribution >= 4 is 5.97 Å². The van der Waals surface area contributed by atoms with Gasteiger partial charge in [0.1, 0.15) is 5.82 Å². The van der Waals surface area contributed by atoms with E-state index in [2.05, 4.69) is 23.8 Å². The van der Waals surface area contributed by atoms with E-state index in [4.69, 9.17) is 5.11 Å². The van der Waals surface area contributed by atoms with Gasteiger partial charge in [-0.05, 0) is 39.0 Å². The van der Waals surface area contributed by atoms with Crippen molar-refractivity contribution in [1.29, 1.82) is 0 Å². The Morgan fingerprint density at radius 1 is 1.41 bits per heavy atom. The summed E-state index contributed by atoms with van der Waals surface area (Å²) in [4.78, 5) is 18.8. The lowest BCUT2D eigenvalue weighted by Gasteiger charge is -2.24. The highest BCUT2D eigenvalue weighted by Gasteiger charge is 2.28. The number of hydrogen-bond donors (Lipinski definition) is 2. The highest BCUT2D eigenvalue weighted by Crippen LogP contribution is 2.34. The molecule has 94 valence electrons. The van der Waals surface area contributed by atoms with Crippen molar-refractivity contribution < 1.29 is 9.90 Å². The maximum Gasteiger partial charge on any atom is 0.306 e. The van der Waals surface area contributed by atoms with Gasteiger partial charge in [-0.25, -0.2) is 4.98 Å². The molecule has 0 aliphatic heterocycles. The van der Waals surface area contributed by atoms with E-state index in [0.717, 1.165) is 49.3 Å². The Balaban J connectivity index is 2.02. The predicted octanol–water partition coefficient (Wildman–Crippen LogP) is 2.64. The number of nitrogens with zero attached hydrogens (tertiary/aromatic N) is 1. The number of rotatable bonds is 3. The number of carbonyl (C=O) groups is 1. The van der Waals surface area contributed by atoms with E-state index in [1.54, 1.807) is 0 Å². The van der Waals surface area contributed by atoms with Crippen LogP contribution in [-0.2, 0) is 11.2 Å². The van der Waals surface area contributed by atoms with Crippen LogP contribution in [-0.4, -0.2) is 21.0 Å². The van der Waals surface area contributed by atoms with Crippen molar-refractivity contribution in [2.75, 3.05) is 0 Å². The molecule has 4 heteroatoms. The molecule has 4 nitrogen and oxygen atoms in total. The predicted molar refractivity (Wildman–Crippen MR) is 65.0 cm³/mol. The van der Waals surface area contributed by atoms with Crippen LogP contribution >= 0.6 is 0 Å². The molecule has 1 aliphatic rings. The molecule has 1 aromatic rings. The maximum absolute atomic E-state index is 10.9. The van der Waals surface area contributed by atoms with Gasteiger partial charge in [-0.15, -0.1) is 0 Å². The average molecular weight is 236 g/mol. The summed E-state index contributed by atoms with van der Waals surface area (Å²) < 4.78 is 0. The van der Waals surface area contributed by atoms with E-state index in [1.807, 2.05) is 0 Å². The van der Waals surface area contributed by atoms with Crippen molar-refractivity contribution in [3.63, 3.8) is 0 Å². The second-order valence-electron chi connectivity index (χ2n) is 4.93. The van der Waals surface area contributed by atoms with Crippen LogP contribution in [0.4, 0.5) is 0 Å². The molecular formula is C13H20N2O2. The van der Waals surface area contributed by atoms with Gasteiger partial charge in [0.2, 0.25) is 0 Å². The molecule has 0 saturated heterocycles. The summed E-state index contributed by atoms with van der Waals surface area (Å²) >= 11 is 0. The Labute approximate surface area is 101 Å². The molecule has 0 spiro atoms. The van der Waals surface area contributed by atoms with Crippen LogP contribution in [0.5, 0.6) is 0 Å². The van der Waals surface area contributed by atoms with Gasteiger partial charge in [0.25, 0.3) is 0 Å². The third-order valence-corrected chi connectivity index (χ3v) is 3.80. The van der Waals surface area contributed by atoms with E-state index in [1.165, 1.54) is 0 Å². The highest BCUT2D eigenvalue weighted by molar-refractivity contribution is 5.70. The second-order valence-corrected chi connectivity index (χ2v) is 4.93. The molecule has 1 saturated carbocycles. The zero-order valence-electron chi connectivity index (χ0n) is 10.5. The average Bonchev–Trinajstić information content (AvgIpc) is 2.70. The van der Waals surface area contributed by atoms with E-state index >= 15 is 0 Å². The zero-order valence-corrected chi connectivity index (χ0v) is 10.5. The number of aliphatic carboxylic acids is 1. The summed E-state index contributed by atoms with van der Waals surface area (Å²) in [5, 5.41) is 8.96. The van der Waals surface area contributed by atoms with Crippen LogP contribution in [0.3, 0.4) is 0 Å². The first-order valence-corrected chi connectivity index (χ1v) is 6.40. The molecular weight excluding hydrogens is 216 g/mol. The summed E-state index contributed by atoms with van der Waals surface area (Å²) in [6.45, 7) is 4.16. The first kappa shape index (κ1) is 12.1. The Hall–Kier alpha value is -1.32. The number of imidazole rings is 1. The van der Waals surface area contributed by atoms with Crippen molar-refractivity contribution in [3.05, 3.63) is 17.2 Å². The van der Waals surface area contributed by atoms with Crippen LogP contribution in [0.25, 0.3) is 0 Å². The Morgan fingerprint density at radius 3 is 2.53 bits per heavy atom. The van der Waals surface area contributed by atoms with Crippen LogP contribution in [0.2, 0.25) is 0 Å². The first-order valence-electron chi connectivity index (χ1n) is 6.40. The van der Waals surface area contributed by atoms with Crippen LogP contribution in [0, 0.1) is 12.8 Å². The number of aromatic amines is 1. The first-order chi connectivity index (χ1) is 8.11. The van der Waals surface area contributed by atoms with E-state index in [0.29, 0.717) is 5.92 Å². The molecule has 0 amide bonds. The molecule has 1 fully saturated rings. The standard InChI is InChI=1S/C13H20N2O2/c1-3-11-8(2)14-12(15-11)9-4-6-10(7-5-9)13(16)17/h9-10H,3-7H2,1-2H3,(H,14,15)(H,16,17). The molecule has 0 unspecified atom stereocenters. The Kier molecular flexibility index (Phi) is 3.50. The number of hydrogen-bond acceptors (Lipinski definition) is 2. The highest BCUT2D eigenvalue weighted by atomic mass is 16.4. The molecule has 2 rings (SSSR count). The number of aryl methyl sites for hydroxylation is 2. The van der Waals surface area contributed by atoms with E-state index < -0.39 is 5.97 Å². The molecule has 17 heavy (non-hydrogen) atoms. The minimum absolute atomic E-state index is 0.145. The quantitative estimate of drug-likeness (QED) is 0.847. The molecule has 0 bridgehead atoms. The van der Waals surface area contributed by atoms with Gasteiger partial charge in [0.05, 0.1) is 11.6 Å². The number of H-pyrrole nitrogens is 1. The number of carboxylic acid groups (broad SMARTS) is 1. The van der Waals surface area contributed by atoms with Gasteiger partial charge in [-0.2, -0.15) is 0 Å². The summed E-state index contributed by atoms with van der Waals surface area (Å²) in [6.07, 6.45) is 4.38. The molecule has 1 heterocycles. The summed E-state index contributed by atoms with van der Waals surface area (Å²) in [5.74, 6) is 0.689. The van der Waals surface area contributed by atoms with Gasteiger partial charge >= 0.3 is 5.97 Å². The van der Waals surface area contributed by atoms with Gasteiger partial charge in [0, 0.05) is 11.6 Å². The SMILES string of the molecule is CCc1nc(C2CCC(C(=O)O)CC2)[nH]c1C. The van der Waals surface area contributed by atoms with Crippen molar-refractivity contribution in [3.8, 4) is 0 Å².